The van der Waals surface area contributed by atoms with E-state index in [9.17, 15) is 35.4 Å². The summed E-state index contributed by atoms with van der Waals surface area (Å²) in [7, 11) is 1.28. The van der Waals surface area contributed by atoms with Crippen LogP contribution in [0.25, 0.3) is 0 Å². The van der Waals surface area contributed by atoms with Crippen molar-refractivity contribution in [2.75, 3.05) is 13.7 Å². The van der Waals surface area contributed by atoms with Crippen molar-refractivity contribution in [2.45, 2.75) is 30.7 Å². The van der Waals surface area contributed by atoms with E-state index < -0.39 is 43.1 Å². The third-order valence-electron chi connectivity index (χ3n) is 4.72. The Morgan fingerprint density at radius 2 is 1.60 bits per heavy atom. The van der Waals surface area contributed by atoms with Crippen LogP contribution in [-0.4, -0.2) is 80.8 Å². The molecule has 0 amide bonds. The molecule has 10 nitrogen and oxygen atoms in total. The summed E-state index contributed by atoms with van der Waals surface area (Å²) in [5.74, 6) is -1.19. The fourth-order valence-electron chi connectivity index (χ4n) is 3.10. The van der Waals surface area contributed by atoms with Gasteiger partial charge in [-0.15, -0.1) is 0 Å². The average molecular weight is 422 g/mol. The van der Waals surface area contributed by atoms with Crippen molar-refractivity contribution in [1.29, 1.82) is 0 Å². The van der Waals surface area contributed by atoms with Gasteiger partial charge in [-0.2, -0.15) is 0 Å². The first-order chi connectivity index (χ1) is 14.3. The van der Waals surface area contributed by atoms with Crippen LogP contribution in [0.1, 0.15) is 15.9 Å². The molecule has 5 atom stereocenters. The fourth-order valence-corrected chi connectivity index (χ4v) is 3.10. The molecule has 1 aliphatic rings. The first-order valence-electron chi connectivity index (χ1n) is 8.98. The number of carbonyl (C=O) groups excluding carboxylic acids is 1. The number of methoxy groups -OCH3 is 1. The van der Waals surface area contributed by atoms with Gasteiger partial charge >= 0.3 is 0 Å². The Kier molecular flexibility index (Phi) is 6.44. The molecule has 162 valence electrons. The number of carbonyl (C=O) groups is 1. The minimum Gasteiger partial charge on any atom is -0.508 e. The lowest BCUT2D eigenvalue weighted by Gasteiger charge is -2.39. The molecule has 2 aromatic carbocycles. The van der Waals surface area contributed by atoms with Gasteiger partial charge in [-0.3, -0.25) is 4.79 Å². The third kappa shape index (κ3) is 4.18. The molecular weight excluding hydrogens is 400 g/mol. The van der Waals surface area contributed by atoms with Crippen molar-refractivity contribution in [2.24, 2.45) is 0 Å². The largest absolute Gasteiger partial charge is 0.508 e. The quantitative estimate of drug-likeness (QED) is 0.335. The predicted molar refractivity (Wildman–Crippen MR) is 101 cm³/mol. The molecule has 30 heavy (non-hydrogen) atoms. The van der Waals surface area contributed by atoms with Crippen LogP contribution < -0.4 is 9.47 Å². The number of hydrogen-bond acceptors (Lipinski definition) is 10. The summed E-state index contributed by atoms with van der Waals surface area (Å²) in [5, 5.41) is 58.8. The lowest BCUT2D eigenvalue weighted by molar-refractivity contribution is -0.277. The molecule has 0 aliphatic carbocycles. The number of phenols is 2. The zero-order chi connectivity index (χ0) is 22.0. The third-order valence-corrected chi connectivity index (χ3v) is 4.72. The van der Waals surface area contributed by atoms with Crippen LogP contribution in [0.4, 0.5) is 0 Å². The summed E-state index contributed by atoms with van der Waals surface area (Å²) in [4.78, 5) is 13.1. The zero-order valence-electron chi connectivity index (χ0n) is 15.9. The lowest BCUT2D eigenvalue weighted by Crippen LogP contribution is -2.60. The van der Waals surface area contributed by atoms with Gasteiger partial charge in [0.05, 0.1) is 13.7 Å². The highest BCUT2D eigenvalue weighted by Gasteiger charge is 2.45. The number of hydrogen-bond donors (Lipinski definition) is 6. The van der Waals surface area contributed by atoms with E-state index in [2.05, 4.69) is 0 Å². The molecule has 6 N–H and O–H groups in total. The molecule has 1 aliphatic heterocycles. The van der Waals surface area contributed by atoms with Gasteiger partial charge < -0.3 is 44.8 Å². The highest BCUT2D eigenvalue weighted by Crippen LogP contribution is 2.37. The summed E-state index contributed by atoms with van der Waals surface area (Å²) < 4.78 is 16.1. The second kappa shape index (κ2) is 8.86. The minimum absolute atomic E-state index is 0.0346. The highest BCUT2D eigenvalue weighted by molar-refractivity contribution is 6.12. The van der Waals surface area contributed by atoms with E-state index >= 15 is 0 Å². The van der Waals surface area contributed by atoms with Gasteiger partial charge in [0.15, 0.2) is 0 Å². The van der Waals surface area contributed by atoms with Gasteiger partial charge in [0.25, 0.3) is 0 Å². The summed E-state index contributed by atoms with van der Waals surface area (Å²) in [6.45, 7) is -0.659. The molecule has 1 saturated heterocycles. The van der Waals surface area contributed by atoms with Crippen LogP contribution in [0.15, 0.2) is 36.4 Å². The molecule has 0 bridgehead atoms. The number of ether oxygens (including phenoxy) is 3. The molecule has 1 heterocycles. The van der Waals surface area contributed by atoms with Crippen LogP contribution in [0.2, 0.25) is 0 Å². The number of benzene rings is 2. The SMILES string of the molecule is COc1cc(O)cc(O[C@@H]2O[C@H](CO)[C@@H](O)[C@H](O)[C@H]2O)c1C(=O)c1ccc(O)cc1. The maximum Gasteiger partial charge on any atom is 0.229 e. The predicted octanol–water partition coefficient (Wildman–Crippen LogP) is -0.484. The van der Waals surface area contributed by atoms with E-state index in [1.54, 1.807) is 0 Å². The monoisotopic (exact) mass is 422 g/mol. The Labute approximate surface area is 171 Å². The summed E-state index contributed by atoms with van der Waals surface area (Å²) in [6.07, 6.45) is -7.77. The van der Waals surface area contributed by atoms with E-state index in [-0.39, 0.29) is 34.1 Å². The van der Waals surface area contributed by atoms with Crippen molar-refractivity contribution >= 4 is 5.78 Å². The topological polar surface area (TPSA) is 166 Å². The standard InChI is InChI=1S/C20H22O10/c1-28-12-6-11(23)7-13(15(12)16(24)9-2-4-10(22)5-3-9)29-20-19(27)18(26)17(25)14(8-21)30-20/h2-7,14,17-23,25-27H,8H2,1H3/t14-,17-,18+,19-,20-/m1/s1. The van der Waals surface area contributed by atoms with Crippen LogP contribution in [0, 0.1) is 0 Å². The Hall–Kier alpha value is -2.89. The second-order valence-corrected chi connectivity index (χ2v) is 6.71. The van der Waals surface area contributed by atoms with Gasteiger partial charge in [0, 0.05) is 17.7 Å². The van der Waals surface area contributed by atoms with Crippen LogP contribution >= 0.6 is 0 Å². The smallest absolute Gasteiger partial charge is 0.229 e. The van der Waals surface area contributed by atoms with Crippen molar-refractivity contribution in [3.8, 4) is 23.0 Å². The van der Waals surface area contributed by atoms with Crippen molar-refractivity contribution in [1.82, 2.24) is 0 Å². The zero-order valence-corrected chi connectivity index (χ0v) is 15.9. The number of rotatable bonds is 6. The Bertz CT molecular complexity index is 895. The molecule has 1 fully saturated rings. The number of aliphatic hydroxyl groups excluding tert-OH is 4. The number of aliphatic hydroxyl groups is 4. The maximum atomic E-state index is 13.1. The molecule has 0 saturated carbocycles. The first kappa shape index (κ1) is 21.8. The molecule has 2 aromatic rings. The molecule has 0 spiro atoms. The highest BCUT2D eigenvalue weighted by atomic mass is 16.7. The minimum atomic E-state index is -1.72. The van der Waals surface area contributed by atoms with Gasteiger partial charge in [-0.05, 0) is 24.3 Å². The van der Waals surface area contributed by atoms with Gasteiger partial charge in [-0.1, -0.05) is 0 Å². The molecule has 10 heteroatoms. The molecular formula is C20H22O10. The van der Waals surface area contributed by atoms with Crippen LogP contribution in [-0.2, 0) is 4.74 Å². The summed E-state index contributed by atoms with van der Waals surface area (Å²) in [6, 6.07) is 7.67. The molecule has 0 radical (unpaired) electrons. The first-order valence-corrected chi connectivity index (χ1v) is 8.98. The Morgan fingerprint density at radius 1 is 0.967 bits per heavy atom. The maximum absolute atomic E-state index is 13.1. The van der Waals surface area contributed by atoms with Crippen molar-refractivity contribution in [3.05, 3.63) is 47.5 Å². The van der Waals surface area contributed by atoms with E-state index in [1.165, 1.54) is 37.4 Å². The Morgan fingerprint density at radius 3 is 2.20 bits per heavy atom. The normalized spacial score (nSPS) is 26.2. The van der Waals surface area contributed by atoms with Gasteiger partial charge in [0.1, 0.15) is 53.0 Å². The number of phenolic OH excluding ortho intramolecular Hbond substituents is 2. The van der Waals surface area contributed by atoms with E-state index in [4.69, 9.17) is 14.2 Å². The summed E-state index contributed by atoms with van der Waals surface area (Å²) >= 11 is 0. The second-order valence-electron chi connectivity index (χ2n) is 6.71. The molecule has 3 rings (SSSR count). The van der Waals surface area contributed by atoms with E-state index in [1.807, 2.05) is 0 Å². The van der Waals surface area contributed by atoms with E-state index in [0.717, 1.165) is 6.07 Å². The lowest BCUT2D eigenvalue weighted by atomic mass is 9.98. The van der Waals surface area contributed by atoms with Crippen molar-refractivity contribution < 1.29 is 49.6 Å². The summed E-state index contributed by atoms with van der Waals surface area (Å²) in [5.41, 5.74) is 0.0633. The molecule has 0 aromatic heterocycles. The van der Waals surface area contributed by atoms with Gasteiger partial charge in [-0.25, -0.2) is 0 Å². The molecule has 0 unspecified atom stereocenters. The number of aromatic hydroxyl groups is 2. The van der Waals surface area contributed by atoms with Crippen molar-refractivity contribution in [3.63, 3.8) is 0 Å². The van der Waals surface area contributed by atoms with Gasteiger partial charge in [0.2, 0.25) is 12.1 Å². The Balaban J connectivity index is 2.01. The number of ketones is 1. The average Bonchev–Trinajstić information content (AvgIpc) is 2.73. The van der Waals surface area contributed by atoms with E-state index in [0.29, 0.717) is 0 Å². The van der Waals surface area contributed by atoms with Crippen LogP contribution in [0.5, 0.6) is 23.0 Å². The fraction of sp³-hybridized carbons (Fsp3) is 0.350. The van der Waals surface area contributed by atoms with Crippen LogP contribution in [0.3, 0.4) is 0 Å².